The Hall–Kier alpha value is -0.390. The van der Waals surface area contributed by atoms with Gasteiger partial charge in [-0.25, -0.2) is 8.42 Å². The van der Waals surface area contributed by atoms with Crippen LogP contribution < -0.4 is 5.32 Å². The van der Waals surface area contributed by atoms with Gasteiger partial charge in [-0.3, -0.25) is 0 Å². The fourth-order valence-corrected chi connectivity index (χ4v) is 4.27. The summed E-state index contributed by atoms with van der Waals surface area (Å²) in [6.45, 7) is 5.21. The fraction of sp³-hybridized carbons (Fsp3) is 0.833. The SMILES string of the molecule is CC1=CCN(S(=O)(=O)CC2CCNCC2)CC1. The molecule has 5 heteroatoms. The van der Waals surface area contributed by atoms with Gasteiger partial charge in [0.1, 0.15) is 0 Å². The molecular formula is C12H22N2O2S. The van der Waals surface area contributed by atoms with Crippen LogP contribution in [0, 0.1) is 5.92 Å². The number of rotatable bonds is 3. The first-order chi connectivity index (χ1) is 8.08. The number of nitrogens with one attached hydrogen (secondary N) is 1. The number of hydrogen-bond donors (Lipinski definition) is 1. The van der Waals surface area contributed by atoms with Crippen LogP contribution in [0.3, 0.4) is 0 Å². The summed E-state index contributed by atoms with van der Waals surface area (Å²) in [7, 11) is -3.05. The summed E-state index contributed by atoms with van der Waals surface area (Å²) in [6, 6.07) is 0. The molecule has 17 heavy (non-hydrogen) atoms. The quantitative estimate of drug-likeness (QED) is 0.767. The molecule has 1 fully saturated rings. The highest BCUT2D eigenvalue weighted by Gasteiger charge is 2.27. The Kier molecular flexibility index (Phi) is 4.22. The van der Waals surface area contributed by atoms with E-state index in [1.807, 2.05) is 6.08 Å². The van der Waals surface area contributed by atoms with E-state index in [0.29, 0.717) is 24.8 Å². The van der Waals surface area contributed by atoms with Gasteiger partial charge in [-0.05, 0) is 45.2 Å². The first kappa shape index (κ1) is 13.1. The van der Waals surface area contributed by atoms with Crippen molar-refractivity contribution in [3.8, 4) is 0 Å². The number of hydrogen-bond acceptors (Lipinski definition) is 3. The molecule has 0 aromatic heterocycles. The van der Waals surface area contributed by atoms with Gasteiger partial charge in [-0.15, -0.1) is 0 Å². The monoisotopic (exact) mass is 258 g/mol. The second kappa shape index (κ2) is 5.50. The minimum absolute atomic E-state index is 0.335. The van der Waals surface area contributed by atoms with Gasteiger partial charge in [-0.2, -0.15) is 4.31 Å². The summed E-state index contributed by atoms with van der Waals surface area (Å²) < 4.78 is 26.1. The Morgan fingerprint density at radius 2 is 2.12 bits per heavy atom. The van der Waals surface area contributed by atoms with Gasteiger partial charge in [-0.1, -0.05) is 11.6 Å². The second-order valence-electron chi connectivity index (χ2n) is 5.13. The lowest BCUT2D eigenvalue weighted by atomic mass is 10.0. The van der Waals surface area contributed by atoms with Crippen LogP contribution in [0.25, 0.3) is 0 Å². The Morgan fingerprint density at radius 3 is 2.71 bits per heavy atom. The highest BCUT2D eigenvalue weighted by atomic mass is 32.2. The van der Waals surface area contributed by atoms with Gasteiger partial charge in [0.05, 0.1) is 5.75 Å². The third-order valence-corrected chi connectivity index (χ3v) is 5.71. The molecule has 2 heterocycles. The lowest BCUT2D eigenvalue weighted by Gasteiger charge is -2.28. The average Bonchev–Trinajstić information content (AvgIpc) is 2.30. The smallest absolute Gasteiger partial charge is 0.214 e. The molecule has 4 nitrogen and oxygen atoms in total. The van der Waals surface area contributed by atoms with Gasteiger partial charge in [0.25, 0.3) is 0 Å². The zero-order valence-electron chi connectivity index (χ0n) is 10.5. The normalized spacial score (nSPS) is 24.6. The molecule has 0 radical (unpaired) electrons. The van der Waals surface area contributed by atoms with Crippen LogP contribution in [-0.2, 0) is 10.0 Å². The molecule has 2 rings (SSSR count). The highest BCUT2D eigenvalue weighted by molar-refractivity contribution is 7.89. The number of piperidine rings is 1. The Labute approximate surface area is 104 Å². The first-order valence-electron chi connectivity index (χ1n) is 6.42. The molecule has 1 N–H and O–H groups in total. The second-order valence-corrected chi connectivity index (χ2v) is 7.14. The van der Waals surface area contributed by atoms with Crippen molar-refractivity contribution in [2.24, 2.45) is 5.92 Å². The van der Waals surface area contributed by atoms with Gasteiger partial charge >= 0.3 is 0 Å². The number of sulfonamides is 1. The Bertz CT molecular complexity index is 383. The van der Waals surface area contributed by atoms with Gasteiger partial charge < -0.3 is 5.32 Å². The molecule has 0 aromatic carbocycles. The van der Waals surface area contributed by atoms with Crippen LogP contribution in [0.15, 0.2) is 11.6 Å². The van der Waals surface area contributed by atoms with Crippen molar-refractivity contribution in [3.63, 3.8) is 0 Å². The Morgan fingerprint density at radius 1 is 1.41 bits per heavy atom. The summed E-state index contributed by atoms with van der Waals surface area (Å²) in [5.41, 5.74) is 1.30. The molecule has 0 saturated carbocycles. The standard InChI is InChI=1S/C12H22N2O2S/c1-11-4-8-14(9-5-11)17(15,16)10-12-2-6-13-7-3-12/h4,12-13H,2-3,5-10H2,1H3. The maximum atomic E-state index is 12.2. The molecule has 0 unspecified atom stereocenters. The molecule has 0 aromatic rings. The van der Waals surface area contributed by atoms with Crippen molar-refractivity contribution in [1.29, 1.82) is 0 Å². The largest absolute Gasteiger partial charge is 0.317 e. The third-order valence-electron chi connectivity index (χ3n) is 3.70. The lowest BCUT2D eigenvalue weighted by molar-refractivity contribution is 0.381. The predicted molar refractivity (Wildman–Crippen MR) is 69.3 cm³/mol. The first-order valence-corrected chi connectivity index (χ1v) is 8.03. The lowest BCUT2D eigenvalue weighted by Crippen LogP contribution is -2.40. The molecule has 2 aliphatic rings. The van der Waals surface area contributed by atoms with E-state index in [-0.39, 0.29) is 0 Å². The summed E-state index contributed by atoms with van der Waals surface area (Å²) in [4.78, 5) is 0. The molecule has 0 bridgehead atoms. The van der Waals surface area contributed by atoms with Gasteiger partial charge in [0.15, 0.2) is 0 Å². The van der Waals surface area contributed by atoms with Gasteiger partial charge in [0.2, 0.25) is 10.0 Å². The van der Waals surface area contributed by atoms with Crippen molar-refractivity contribution in [2.75, 3.05) is 31.9 Å². The summed E-state index contributed by atoms with van der Waals surface area (Å²) in [6.07, 6.45) is 4.89. The van der Waals surface area contributed by atoms with E-state index in [0.717, 1.165) is 32.4 Å². The van der Waals surface area contributed by atoms with Crippen LogP contribution in [0.5, 0.6) is 0 Å². The summed E-state index contributed by atoms with van der Waals surface area (Å²) in [5.74, 6) is 0.676. The highest BCUT2D eigenvalue weighted by Crippen LogP contribution is 2.19. The van der Waals surface area contributed by atoms with Crippen molar-refractivity contribution < 1.29 is 8.42 Å². The van der Waals surface area contributed by atoms with E-state index in [4.69, 9.17) is 0 Å². The van der Waals surface area contributed by atoms with Gasteiger partial charge in [0, 0.05) is 13.1 Å². The molecule has 0 atom stereocenters. The van der Waals surface area contributed by atoms with E-state index in [1.165, 1.54) is 5.57 Å². The van der Waals surface area contributed by atoms with Crippen LogP contribution in [0.2, 0.25) is 0 Å². The van der Waals surface area contributed by atoms with E-state index in [2.05, 4.69) is 12.2 Å². The molecule has 0 spiro atoms. The zero-order valence-corrected chi connectivity index (χ0v) is 11.3. The van der Waals surface area contributed by atoms with Crippen molar-refractivity contribution in [2.45, 2.75) is 26.2 Å². The summed E-state index contributed by atoms with van der Waals surface area (Å²) in [5, 5.41) is 3.27. The van der Waals surface area contributed by atoms with E-state index in [9.17, 15) is 8.42 Å². The average molecular weight is 258 g/mol. The topological polar surface area (TPSA) is 49.4 Å². The minimum Gasteiger partial charge on any atom is -0.317 e. The molecular weight excluding hydrogens is 236 g/mol. The van der Waals surface area contributed by atoms with Crippen molar-refractivity contribution >= 4 is 10.0 Å². The van der Waals surface area contributed by atoms with E-state index in [1.54, 1.807) is 4.31 Å². The maximum absolute atomic E-state index is 12.2. The van der Waals surface area contributed by atoms with Crippen molar-refractivity contribution in [1.82, 2.24) is 9.62 Å². The van der Waals surface area contributed by atoms with Crippen LogP contribution >= 0.6 is 0 Å². The van der Waals surface area contributed by atoms with Crippen molar-refractivity contribution in [3.05, 3.63) is 11.6 Å². The maximum Gasteiger partial charge on any atom is 0.214 e. The molecule has 1 saturated heterocycles. The van der Waals surface area contributed by atoms with E-state index >= 15 is 0 Å². The van der Waals surface area contributed by atoms with Crippen LogP contribution in [0.4, 0.5) is 0 Å². The molecule has 98 valence electrons. The number of nitrogens with zero attached hydrogens (tertiary/aromatic N) is 1. The van der Waals surface area contributed by atoms with E-state index < -0.39 is 10.0 Å². The van der Waals surface area contributed by atoms with Crippen LogP contribution in [0.1, 0.15) is 26.2 Å². The predicted octanol–water partition coefficient (Wildman–Crippen LogP) is 0.968. The molecule has 2 aliphatic heterocycles. The molecule has 0 aliphatic carbocycles. The zero-order chi connectivity index (χ0) is 12.3. The fourth-order valence-electron chi connectivity index (χ4n) is 2.46. The summed E-state index contributed by atoms with van der Waals surface area (Å²) >= 11 is 0. The third kappa shape index (κ3) is 3.53. The molecule has 0 amide bonds. The minimum atomic E-state index is -3.05. The Balaban J connectivity index is 1.94. The van der Waals surface area contributed by atoms with Crippen LogP contribution in [-0.4, -0.2) is 44.7 Å².